The number of nitrogens with zero attached hydrogens (tertiary/aromatic N) is 4. The summed E-state index contributed by atoms with van der Waals surface area (Å²) in [4.78, 5) is 25.6. The monoisotopic (exact) mass is 464 g/mol. The van der Waals surface area contributed by atoms with E-state index in [1.54, 1.807) is 35.5 Å². The van der Waals surface area contributed by atoms with E-state index in [1.165, 1.54) is 12.1 Å². The zero-order chi connectivity index (χ0) is 24.0. The molecular weight excluding hydrogens is 441 g/mol. The lowest BCUT2D eigenvalue weighted by Gasteiger charge is -2.35. The summed E-state index contributed by atoms with van der Waals surface area (Å²) in [6, 6.07) is 16.1. The van der Waals surface area contributed by atoms with Gasteiger partial charge in [-0.15, -0.1) is 0 Å². The standard InChI is InChI=1S/C26H23F3N4O/c27-26(28,29)22-11-5-10-21(19-22)23(12-4-9-20-7-2-1-3-8-20)24(34)32-15-17-33(18-16-32)25-30-13-6-14-31-25/h1-14,19H,15-18H2/b9-4+,23-12+. The third-order valence-corrected chi connectivity index (χ3v) is 5.48. The summed E-state index contributed by atoms with van der Waals surface area (Å²) >= 11 is 0. The van der Waals surface area contributed by atoms with E-state index in [0.29, 0.717) is 32.1 Å². The van der Waals surface area contributed by atoms with Crippen LogP contribution in [0.25, 0.3) is 11.6 Å². The quantitative estimate of drug-likeness (QED) is 0.397. The van der Waals surface area contributed by atoms with Crippen molar-refractivity contribution in [3.63, 3.8) is 0 Å². The van der Waals surface area contributed by atoms with E-state index in [9.17, 15) is 18.0 Å². The Morgan fingerprint density at radius 3 is 2.26 bits per heavy atom. The molecule has 1 aliphatic heterocycles. The second-order valence-corrected chi connectivity index (χ2v) is 7.76. The molecule has 4 rings (SSSR count). The maximum absolute atomic E-state index is 13.4. The van der Waals surface area contributed by atoms with Gasteiger partial charge in [0.2, 0.25) is 5.95 Å². The maximum atomic E-state index is 13.4. The Kier molecular flexibility index (Phi) is 7.06. The summed E-state index contributed by atoms with van der Waals surface area (Å²) in [5.74, 6) is 0.278. The summed E-state index contributed by atoms with van der Waals surface area (Å²) in [6.45, 7) is 1.89. The van der Waals surface area contributed by atoms with Crippen molar-refractivity contribution >= 4 is 23.5 Å². The minimum absolute atomic E-state index is 0.211. The lowest BCUT2D eigenvalue weighted by atomic mass is 10.0. The zero-order valence-corrected chi connectivity index (χ0v) is 18.3. The summed E-state index contributed by atoms with van der Waals surface area (Å²) < 4.78 is 40.0. The Bertz CT molecular complexity index is 1170. The van der Waals surface area contributed by atoms with Crippen LogP contribution < -0.4 is 4.90 Å². The van der Waals surface area contributed by atoms with Gasteiger partial charge in [-0.25, -0.2) is 9.97 Å². The number of halogens is 3. The molecule has 0 radical (unpaired) electrons. The molecule has 1 aliphatic rings. The van der Waals surface area contributed by atoms with Crippen molar-refractivity contribution in [3.05, 3.63) is 102 Å². The molecule has 34 heavy (non-hydrogen) atoms. The molecule has 0 atom stereocenters. The number of carbonyl (C=O) groups excluding carboxylic acids is 1. The molecule has 1 aromatic heterocycles. The first-order valence-corrected chi connectivity index (χ1v) is 10.8. The van der Waals surface area contributed by atoms with Crippen molar-refractivity contribution in [3.8, 4) is 0 Å². The molecule has 1 amide bonds. The average Bonchev–Trinajstić information content (AvgIpc) is 2.87. The van der Waals surface area contributed by atoms with Crippen LogP contribution >= 0.6 is 0 Å². The van der Waals surface area contributed by atoms with Crippen molar-refractivity contribution in [2.75, 3.05) is 31.1 Å². The number of amides is 1. The topological polar surface area (TPSA) is 49.3 Å². The Hall–Kier alpha value is -3.94. The number of hydrogen-bond donors (Lipinski definition) is 0. The Labute approximate surface area is 195 Å². The molecule has 8 heteroatoms. The van der Waals surface area contributed by atoms with E-state index in [2.05, 4.69) is 9.97 Å². The molecule has 1 fully saturated rings. The number of carbonyl (C=O) groups is 1. The van der Waals surface area contributed by atoms with Crippen LogP contribution in [0.4, 0.5) is 19.1 Å². The molecule has 2 aromatic carbocycles. The van der Waals surface area contributed by atoms with E-state index < -0.39 is 11.7 Å². The first-order valence-electron chi connectivity index (χ1n) is 10.8. The molecule has 0 saturated carbocycles. The lowest BCUT2D eigenvalue weighted by molar-refractivity contribution is -0.137. The highest BCUT2D eigenvalue weighted by Gasteiger charge is 2.31. The SMILES string of the molecule is O=C(/C(=C/C=C/c1ccccc1)c1cccc(C(F)(F)F)c1)N1CCN(c2ncccn2)CC1. The van der Waals surface area contributed by atoms with Gasteiger partial charge in [0.15, 0.2) is 0 Å². The minimum atomic E-state index is -4.49. The van der Waals surface area contributed by atoms with E-state index in [-0.39, 0.29) is 17.0 Å². The Morgan fingerprint density at radius 1 is 0.882 bits per heavy atom. The van der Waals surface area contributed by atoms with Crippen molar-refractivity contribution in [2.24, 2.45) is 0 Å². The van der Waals surface area contributed by atoms with Crippen molar-refractivity contribution in [1.29, 1.82) is 0 Å². The highest BCUT2D eigenvalue weighted by Crippen LogP contribution is 2.31. The van der Waals surface area contributed by atoms with Gasteiger partial charge in [-0.1, -0.05) is 54.6 Å². The van der Waals surface area contributed by atoms with Gasteiger partial charge in [-0.05, 0) is 35.4 Å². The van der Waals surface area contributed by atoms with Crippen LogP contribution in [0.1, 0.15) is 16.7 Å². The number of piperazine rings is 1. The number of benzene rings is 2. The molecule has 174 valence electrons. The van der Waals surface area contributed by atoms with Gasteiger partial charge in [0.25, 0.3) is 5.91 Å². The molecule has 0 bridgehead atoms. The van der Waals surface area contributed by atoms with Gasteiger partial charge in [0.1, 0.15) is 0 Å². The van der Waals surface area contributed by atoms with Crippen molar-refractivity contribution < 1.29 is 18.0 Å². The van der Waals surface area contributed by atoms with Crippen LogP contribution in [0.15, 0.2) is 85.2 Å². The summed E-state index contributed by atoms with van der Waals surface area (Å²) in [5, 5.41) is 0. The van der Waals surface area contributed by atoms with Gasteiger partial charge in [0, 0.05) is 44.1 Å². The van der Waals surface area contributed by atoms with E-state index >= 15 is 0 Å². The largest absolute Gasteiger partial charge is 0.416 e. The van der Waals surface area contributed by atoms with Gasteiger partial charge in [-0.2, -0.15) is 13.2 Å². The third kappa shape index (κ3) is 5.70. The molecule has 3 aromatic rings. The molecule has 0 unspecified atom stereocenters. The van der Waals surface area contributed by atoms with Gasteiger partial charge >= 0.3 is 6.18 Å². The van der Waals surface area contributed by atoms with Gasteiger partial charge < -0.3 is 9.80 Å². The van der Waals surface area contributed by atoms with E-state index in [4.69, 9.17) is 0 Å². The summed E-state index contributed by atoms with van der Waals surface area (Å²) in [6.07, 6.45) is 3.91. The zero-order valence-electron chi connectivity index (χ0n) is 18.3. The highest BCUT2D eigenvalue weighted by molar-refractivity contribution is 6.20. The molecule has 5 nitrogen and oxygen atoms in total. The number of aromatic nitrogens is 2. The number of hydrogen-bond acceptors (Lipinski definition) is 4. The number of rotatable bonds is 5. The predicted octanol–water partition coefficient (Wildman–Crippen LogP) is 4.94. The normalized spacial score (nSPS) is 15.1. The summed E-state index contributed by atoms with van der Waals surface area (Å²) in [5.41, 5.74) is 0.571. The lowest BCUT2D eigenvalue weighted by Crippen LogP contribution is -2.49. The van der Waals surface area contributed by atoms with Crippen LogP contribution in [-0.2, 0) is 11.0 Å². The Morgan fingerprint density at radius 2 is 1.59 bits per heavy atom. The fourth-order valence-corrected chi connectivity index (χ4v) is 3.71. The minimum Gasteiger partial charge on any atom is -0.337 e. The van der Waals surface area contributed by atoms with Gasteiger partial charge in [-0.3, -0.25) is 4.79 Å². The third-order valence-electron chi connectivity index (χ3n) is 5.48. The smallest absolute Gasteiger partial charge is 0.337 e. The fourth-order valence-electron chi connectivity index (χ4n) is 3.71. The second kappa shape index (κ2) is 10.3. The Balaban J connectivity index is 1.58. The van der Waals surface area contributed by atoms with Gasteiger partial charge in [0.05, 0.1) is 5.56 Å². The van der Waals surface area contributed by atoms with E-state index in [1.807, 2.05) is 41.3 Å². The second-order valence-electron chi connectivity index (χ2n) is 7.76. The summed E-state index contributed by atoms with van der Waals surface area (Å²) in [7, 11) is 0. The highest BCUT2D eigenvalue weighted by atomic mass is 19.4. The van der Waals surface area contributed by atoms with Crippen LogP contribution in [0.2, 0.25) is 0 Å². The maximum Gasteiger partial charge on any atom is 0.416 e. The number of anilines is 1. The van der Waals surface area contributed by atoms with Crippen LogP contribution in [0, 0.1) is 0 Å². The van der Waals surface area contributed by atoms with Crippen LogP contribution in [-0.4, -0.2) is 47.0 Å². The van der Waals surface area contributed by atoms with Crippen LogP contribution in [0.5, 0.6) is 0 Å². The van der Waals surface area contributed by atoms with Crippen molar-refractivity contribution in [1.82, 2.24) is 14.9 Å². The number of alkyl halides is 3. The molecule has 1 saturated heterocycles. The molecule has 0 aliphatic carbocycles. The number of allylic oxidation sites excluding steroid dienone is 2. The molecular formula is C26H23F3N4O. The van der Waals surface area contributed by atoms with Crippen molar-refractivity contribution in [2.45, 2.75) is 6.18 Å². The average molecular weight is 464 g/mol. The first kappa shape index (κ1) is 23.2. The van der Waals surface area contributed by atoms with E-state index in [0.717, 1.165) is 17.7 Å². The fraction of sp³-hybridized carbons (Fsp3) is 0.192. The molecule has 2 heterocycles. The first-order chi connectivity index (χ1) is 16.4. The van der Waals surface area contributed by atoms with Crippen LogP contribution in [0.3, 0.4) is 0 Å². The molecule has 0 N–H and O–H groups in total. The molecule has 0 spiro atoms. The predicted molar refractivity (Wildman–Crippen MR) is 126 cm³/mol.